The normalized spacial score (nSPS) is 24.8. The number of aliphatic hydroxyl groups is 1. The molecule has 5 heteroatoms. The lowest BCUT2D eigenvalue weighted by Gasteiger charge is -2.31. The molecule has 2 rings (SSSR count). The molecular weight excluding hydrogens is 276 g/mol. The second-order valence-electron chi connectivity index (χ2n) is 5.73. The first-order chi connectivity index (χ1) is 9.67. The summed E-state index contributed by atoms with van der Waals surface area (Å²) in [6.45, 7) is 3.44. The van der Waals surface area contributed by atoms with Crippen molar-refractivity contribution in [1.82, 2.24) is 9.78 Å². The van der Waals surface area contributed by atoms with Gasteiger partial charge in [0.1, 0.15) is 0 Å². The first-order valence-electron chi connectivity index (χ1n) is 7.55. The van der Waals surface area contributed by atoms with Crippen LogP contribution < -0.4 is 0 Å². The van der Waals surface area contributed by atoms with E-state index >= 15 is 0 Å². The predicted molar refractivity (Wildman–Crippen MR) is 79.8 cm³/mol. The van der Waals surface area contributed by atoms with Crippen LogP contribution in [0.2, 0.25) is 5.02 Å². The van der Waals surface area contributed by atoms with Crippen LogP contribution in [-0.4, -0.2) is 28.6 Å². The Morgan fingerprint density at radius 2 is 2.15 bits per heavy atom. The van der Waals surface area contributed by atoms with Crippen LogP contribution in [0.5, 0.6) is 0 Å². The van der Waals surface area contributed by atoms with Crippen molar-refractivity contribution in [3.63, 3.8) is 0 Å². The fourth-order valence-electron chi connectivity index (χ4n) is 3.16. The minimum Gasteiger partial charge on any atom is -0.386 e. The van der Waals surface area contributed by atoms with E-state index in [1.165, 1.54) is 19.3 Å². The van der Waals surface area contributed by atoms with Crippen molar-refractivity contribution in [3.05, 3.63) is 16.9 Å². The summed E-state index contributed by atoms with van der Waals surface area (Å²) in [6.07, 6.45) is 6.92. The Hall–Kier alpha value is -0.580. The number of hydrogen-bond donors (Lipinski definition) is 1. The third-order valence-corrected chi connectivity index (χ3v) is 4.83. The van der Waals surface area contributed by atoms with E-state index in [-0.39, 0.29) is 0 Å². The Bertz CT molecular complexity index is 414. The van der Waals surface area contributed by atoms with Crippen LogP contribution in [0.3, 0.4) is 0 Å². The molecule has 1 unspecified atom stereocenters. The van der Waals surface area contributed by atoms with Gasteiger partial charge in [-0.05, 0) is 24.7 Å². The molecule has 1 saturated carbocycles. The largest absolute Gasteiger partial charge is 0.386 e. The van der Waals surface area contributed by atoms with E-state index in [4.69, 9.17) is 16.3 Å². The molecule has 0 saturated heterocycles. The Balaban J connectivity index is 2.05. The summed E-state index contributed by atoms with van der Waals surface area (Å²) in [5.41, 5.74) is 0.753. The van der Waals surface area contributed by atoms with Crippen LogP contribution in [0, 0.1) is 11.8 Å². The summed E-state index contributed by atoms with van der Waals surface area (Å²) in [5.74, 6) is 1.13. The van der Waals surface area contributed by atoms with Crippen LogP contribution in [0.25, 0.3) is 0 Å². The Labute approximate surface area is 126 Å². The second kappa shape index (κ2) is 7.43. The topological polar surface area (TPSA) is 47.3 Å². The van der Waals surface area contributed by atoms with Gasteiger partial charge in [0.2, 0.25) is 0 Å². The van der Waals surface area contributed by atoms with Gasteiger partial charge in [-0.15, -0.1) is 0 Å². The number of ether oxygens (including phenoxy) is 1. The molecule has 0 bridgehead atoms. The quantitative estimate of drug-likeness (QED) is 0.875. The first-order valence-corrected chi connectivity index (χ1v) is 7.93. The standard InChI is InChI=1S/C15H25ClN2O2/c1-3-11-4-6-12(7-5-11)15(19)14-13(16)10-17-18(14)8-9-20-2/h10-12,15,19H,3-9H2,1-2H3. The number of nitrogens with zero attached hydrogens (tertiary/aromatic N) is 2. The van der Waals surface area contributed by atoms with Gasteiger partial charge in [-0.1, -0.05) is 37.8 Å². The highest BCUT2D eigenvalue weighted by Gasteiger charge is 2.30. The van der Waals surface area contributed by atoms with Crippen molar-refractivity contribution in [2.75, 3.05) is 13.7 Å². The van der Waals surface area contributed by atoms with Gasteiger partial charge in [0.15, 0.2) is 0 Å². The van der Waals surface area contributed by atoms with Gasteiger partial charge in [0, 0.05) is 7.11 Å². The van der Waals surface area contributed by atoms with E-state index < -0.39 is 6.10 Å². The molecule has 1 aliphatic rings. The average molecular weight is 301 g/mol. The van der Waals surface area contributed by atoms with Crippen LogP contribution in [0.4, 0.5) is 0 Å². The highest BCUT2D eigenvalue weighted by molar-refractivity contribution is 6.31. The predicted octanol–water partition coefficient (Wildman–Crippen LogP) is 3.43. The van der Waals surface area contributed by atoms with Crippen molar-refractivity contribution in [2.45, 2.75) is 51.7 Å². The molecule has 0 aromatic carbocycles. The lowest BCUT2D eigenvalue weighted by molar-refractivity contribution is 0.0640. The van der Waals surface area contributed by atoms with E-state index in [1.807, 2.05) is 0 Å². The van der Waals surface area contributed by atoms with Gasteiger partial charge in [-0.3, -0.25) is 4.68 Å². The third kappa shape index (κ3) is 3.54. The summed E-state index contributed by atoms with van der Waals surface area (Å²) in [7, 11) is 1.66. The zero-order valence-corrected chi connectivity index (χ0v) is 13.1. The van der Waals surface area contributed by atoms with Crippen molar-refractivity contribution in [3.8, 4) is 0 Å². The SMILES string of the molecule is CCC1CCC(C(O)c2c(Cl)cnn2CCOC)CC1. The molecule has 0 spiro atoms. The summed E-state index contributed by atoms with van der Waals surface area (Å²) in [6, 6.07) is 0. The maximum absolute atomic E-state index is 10.7. The van der Waals surface area contributed by atoms with Gasteiger partial charge in [0.05, 0.1) is 36.2 Å². The minimum absolute atomic E-state index is 0.299. The number of hydrogen-bond acceptors (Lipinski definition) is 3. The molecule has 1 atom stereocenters. The summed E-state index contributed by atoms with van der Waals surface area (Å²) in [4.78, 5) is 0. The molecule has 1 aliphatic carbocycles. The highest BCUT2D eigenvalue weighted by Crippen LogP contribution is 2.39. The minimum atomic E-state index is -0.514. The Morgan fingerprint density at radius 1 is 1.45 bits per heavy atom. The molecule has 1 N–H and O–H groups in total. The zero-order chi connectivity index (χ0) is 14.5. The molecule has 0 amide bonds. The fourth-order valence-corrected chi connectivity index (χ4v) is 3.41. The van der Waals surface area contributed by atoms with Crippen molar-refractivity contribution in [1.29, 1.82) is 0 Å². The average Bonchev–Trinajstić information content (AvgIpc) is 2.85. The first kappa shape index (κ1) is 15.8. The zero-order valence-electron chi connectivity index (χ0n) is 12.4. The molecular formula is C15H25ClN2O2. The smallest absolute Gasteiger partial charge is 0.0999 e. The summed E-state index contributed by atoms with van der Waals surface area (Å²) >= 11 is 6.21. The number of aromatic nitrogens is 2. The molecule has 20 heavy (non-hydrogen) atoms. The van der Waals surface area contributed by atoms with Crippen molar-refractivity contribution in [2.24, 2.45) is 11.8 Å². The molecule has 1 heterocycles. The van der Waals surface area contributed by atoms with E-state index in [1.54, 1.807) is 18.0 Å². The van der Waals surface area contributed by atoms with E-state index in [9.17, 15) is 5.11 Å². The van der Waals surface area contributed by atoms with Gasteiger partial charge in [-0.25, -0.2) is 0 Å². The molecule has 114 valence electrons. The van der Waals surface area contributed by atoms with Gasteiger partial charge >= 0.3 is 0 Å². The van der Waals surface area contributed by atoms with Gasteiger partial charge in [0.25, 0.3) is 0 Å². The van der Waals surface area contributed by atoms with Crippen molar-refractivity contribution < 1.29 is 9.84 Å². The third-order valence-electron chi connectivity index (χ3n) is 4.54. The Kier molecular flexibility index (Phi) is 5.87. The molecule has 4 nitrogen and oxygen atoms in total. The maximum atomic E-state index is 10.7. The summed E-state index contributed by atoms with van der Waals surface area (Å²) < 4.78 is 6.86. The van der Waals surface area contributed by atoms with Crippen molar-refractivity contribution >= 4 is 11.6 Å². The van der Waals surface area contributed by atoms with E-state index in [0.717, 1.165) is 24.5 Å². The number of methoxy groups -OCH3 is 1. The van der Waals surface area contributed by atoms with Gasteiger partial charge in [-0.2, -0.15) is 5.10 Å². The monoisotopic (exact) mass is 300 g/mol. The maximum Gasteiger partial charge on any atom is 0.0999 e. The van der Waals surface area contributed by atoms with E-state index in [2.05, 4.69) is 12.0 Å². The van der Waals surface area contributed by atoms with Crippen LogP contribution in [0.15, 0.2) is 6.20 Å². The number of halogens is 1. The summed E-state index contributed by atoms with van der Waals surface area (Å²) in [5, 5.41) is 15.5. The number of rotatable bonds is 6. The number of aliphatic hydroxyl groups excluding tert-OH is 1. The molecule has 0 aliphatic heterocycles. The molecule has 1 aromatic rings. The molecule has 1 aromatic heterocycles. The van der Waals surface area contributed by atoms with Crippen LogP contribution >= 0.6 is 11.6 Å². The Morgan fingerprint density at radius 3 is 2.75 bits per heavy atom. The lowest BCUT2D eigenvalue weighted by Crippen LogP contribution is -2.23. The second-order valence-corrected chi connectivity index (χ2v) is 6.13. The van der Waals surface area contributed by atoms with Gasteiger partial charge < -0.3 is 9.84 Å². The van der Waals surface area contributed by atoms with Crippen LogP contribution in [0.1, 0.15) is 50.8 Å². The van der Waals surface area contributed by atoms with Crippen LogP contribution in [-0.2, 0) is 11.3 Å². The van der Waals surface area contributed by atoms with E-state index in [0.29, 0.717) is 24.1 Å². The molecule has 1 fully saturated rings. The fraction of sp³-hybridized carbons (Fsp3) is 0.800. The highest BCUT2D eigenvalue weighted by atomic mass is 35.5. The lowest BCUT2D eigenvalue weighted by atomic mass is 9.78. The molecule has 0 radical (unpaired) electrons.